The minimum Gasteiger partial charge on any atom is -0.344 e. The third-order valence-corrected chi connectivity index (χ3v) is 1.05. The van der Waals surface area contributed by atoms with Gasteiger partial charge >= 0.3 is 0 Å². The van der Waals surface area contributed by atoms with Crippen molar-refractivity contribution in [1.82, 2.24) is 21.3 Å². The fraction of sp³-hybridized carbons (Fsp3) is 0. The summed E-state index contributed by atoms with van der Waals surface area (Å²) in [7, 11) is 0. The topological polar surface area (TPSA) is 73.7 Å². The highest BCUT2D eigenvalue weighted by molar-refractivity contribution is 6.92. The first-order valence-electron chi connectivity index (χ1n) is 3.57. The zero-order valence-electron chi connectivity index (χ0n) is 7.95. The molecule has 2 aromatic heterocycles. The lowest BCUT2D eigenvalue weighted by molar-refractivity contribution is 1.03. The number of rotatable bonds is 0. The Morgan fingerprint density at radius 2 is 1.00 bits per heavy atom. The summed E-state index contributed by atoms with van der Waals surface area (Å²) in [6.45, 7) is 0. The van der Waals surface area contributed by atoms with Gasteiger partial charge in [0.05, 0.1) is 0 Å². The molecule has 2 aromatic rings. The first kappa shape index (κ1) is 15.1. The van der Waals surface area contributed by atoms with Crippen molar-refractivity contribution >= 4 is 9.90 Å². The van der Waals surface area contributed by atoms with Gasteiger partial charge in [-0.05, 0) is 24.3 Å². The molecule has 0 fully saturated rings. The number of aromatic nitrogens is 3. The van der Waals surface area contributed by atoms with E-state index in [2.05, 4.69) is 15.2 Å². The number of hydrogen-bond donors (Lipinski definition) is 1. The van der Waals surface area contributed by atoms with Crippen LogP contribution in [0.2, 0.25) is 0 Å². The second kappa shape index (κ2) is 11.6. The third kappa shape index (κ3) is 8.71. The fourth-order valence-electron chi connectivity index (χ4n) is 0.566. The van der Waals surface area contributed by atoms with Gasteiger partial charge in [0, 0.05) is 24.8 Å². The molecule has 76 valence electrons. The van der Waals surface area contributed by atoms with Crippen molar-refractivity contribution in [2.45, 2.75) is 0 Å². The molecule has 0 amide bonds. The maximum absolute atomic E-state index is 3.78. The van der Waals surface area contributed by atoms with Crippen molar-refractivity contribution in [1.29, 1.82) is 0 Å². The number of pyridine rings is 1. The van der Waals surface area contributed by atoms with E-state index < -0.39 is 0 Å². The highest BCUT2D eigenvalue weighted by Crippen LogP contribution is 1.73. The quantitative estimate of drug-likeness (QED) is 0.672. The largest absolute Gasteiger partial charge is 0.344 e. The van der Waals surface area contributed by atoms with E-state index in [-0.39, 0.29) is 16.0 Å². The van der Waals surface area contributed by atoms with Gasteiger partial charge in [0.15, 0.2) is 0 Å². The monoisotopic (exact) mass is 210 g/mol. The van der Waals surface area contributed by atoms with Crippen LogP contribution in [0.3, 0.4) is 0 Å². The zero-order valence-corrected chi connectivity index (χ0v) is 9.37. The van der Waals surface area contributed by atoms with Crippen LogP contribution in [-0.2, 0) is 0 Å². The molecular weight excluding hydrogens is 195 g/mol. The maximum atomic E-state index is 3.78. The van der Waals surface area contributed by atoms with Gasteiger partial charge < -0.3 is 6.15 Å². The molecule has 0 bridgehead atoms. The standard InChI is InChI=1S/C5H5N.C4H4N2.H3N.H3P/c2*1-2-4-6-5-3-1;;/h1-5H;1-4H;2*1H3. The third-order valence-electron chi connectivity index (χ3n) is 1.05. The van der Waals surface area contributed by atoms with Crippen LogP contribution in [0.5, 0.6) is 0 Å². The molecular formula is C9H15N4P. The lowest BCUT2D eigenvalue weighted by Crippen LogP contribution is -1.69. The smallest absolute Gasteiger partial charge is 0.0496 e. The summed E-state index contributed by atoms with van der Waals surface area (Å²) in [5, 5.41) is 7.07. The Hall–Kier alpha value is -1.38. The Morgan fingerprint density at radius 3 is 1.14 bits per heavy atom. The second-order valence-corrected chi connectivity index (χ2v) is 1.94. The average Bonchev–Trinajstić information content (AvgIpc) is 2.24. The van der Waals surface area contributed by atoms with E-state index in [0.29, 0.717) is 0 Å². The van der Waals surface area contributed by atoms with E-state index in [1.807, 2.05) is 30.3 Å². The molecule has 0 aromatic carbocycles. The molecule has 4 nitrogen and oxygen atoms in total. The van der Waals surface area contributed by atoms with Crippen LogP contribution in [0.4, 0.5) is 0 Å². The SMILES string of the molecule is N.P.c1ccncc1.c1ccnnc1. The molecule has 5 heteroatoms. The molecule has 0 saturated carbocycles. The lowest BCUT2D eigenvalue weighted by Gasteiger charge is -1.70. The predicted molar refractivity (Wildman–Crippen MR) is 62.4 cm³/mol. The molecule has 0 aliphatic carbocycles. The summed E-state index contributed by atoms with van der Waals surface area (Å²) < 4.78 is 0. The highest BCUT2D eigenvalue weighted by Gasteiger charge is 1.59. The summed E-state index contributed by atoms with van der Waals surface area (Å²) in [6.07, 6.45) is 6.78. The maximum Gasteiger partial charge on any atom is 0.0496 e. The summed E-state index contributed by atoms with van der Waals surface area (Å²) in [5.41, 5.74) is 0. The van der Waals surface area contributed by atoms with Crippen LogP contribution in [0, 0.1) is 0 Å². The average molecular weight is 210 g/mol. The molecule has 2 heterocycles. The Balaban J connectivity index is 0. The first-order valence-corrected chi connectivity index (χ1v) is 3.57. The predicted octanol–water partition coefficient (Wildman–Crippen LogP) is 1.78. The molecule has 1 unspecified atom stereocenters. The van der Waals surface area contributed by atoms with Crippen LogP contribution in [0.1, 0.15) is 0 Å². The van der Waals surface area contributed by atoms with Crippen LogP contribution >= 0.6 is 9.90 Å². The highest BCUT2D eigenvalue weighted by atomic mass is 31.0. The minimum atomic E-state index is 0. The molecule has 14 heavy (non-hydrogen) atoms. The Bertz CT molecular complexity index is 192. The molecule has 0 aliphatic rings. The van der Waals surface area contributed by atoms with Crippen LogP contribution in [0.15, 0.2) is 55.1 Å². The van der Waals surface area contributed by atoms with Gasteiger partial charge in [0.1, 0.15) is 0 Å². The van der Waals surface area contributed by atoms with Crippen molar-refractivity contribution < 1.29 is 0 Å². The molecule has 0 spiro atoms. The van der Waals surface area contributed by atoms with Gasteiger partial charge in [0.25, 0.3) is 0 Å². The van der Waals surface area contributed by atoms with Gasteiger partial charge in [-0.25, -0.2) is 0 Å². The Morgan fingerprint density at radius 1 is 0.571 bits per heavy atom. The fourth-order valence-corrected chi connectivity index (χ4v) is 0.566. The van der Waals surface area contributed by atoms with E-state index in [9.17, 15) is 0 Å². The van der Waals surface area contributed by atoms with Crippen LogP contribution in [0.25, 0.3) is 0 Å². The van der Waals surface area contributed by atoms with Crippen molar-refractivity contribution in [2.75, 3.05) is 0 Å². The van der Waals surface area contributed by atoms with Crippen molar-refractivity contribution in [2.24, 2.45) is 0 Å². The van der Waals surface area contributed by atoms with Crippen molar-refractivity contribution in [3.8, 4) is 0 Å². The lowest BCUT2D eigenvalue weighted by atomic mass is 10.5. The van der Waals surface area contributed by atoms with Crippen molar-refractivity contribution in [3.63, 3.8) is 0 Å². The van der Waals surface area contributed by atoms with Gasteiger partial charge in [-0.3, -0.25) is 4.98 Å². The van der Waals surface area contributed by atoms with Gasteiger partial charge in [0.2, 0.25) is 0 Å². The second-order valence-electron chi connectivity index (χ2n) is 1.94. The number of hydrogen-bond acceptors (Lipinski definition) is 4. The molecule has 1 atom stereocenters. The molecule has 3 N–H and O–H groups in total. The van der Waals surface area contributed by atoms with Crippen molar-refractivity contribution in [3.05, 3.63) is 55.1 Å². The van der Waals surface area contributed by atoms with E-state index in [1.165, 1.54) is 0 Å². The Kier molecular flexibility index (Phi) is 12.5. The summed E-state index contributed by atoms with van der Waals surface area (Å²) >= 11 is 0. The first-order chi connectivity index (χ1) is 6.00. The Labute approximate surface area is 87.0 Å². The van der Waals surface area contributed by atoms with E-state index >= 15 is 0 Å². The van der Waals surface area contributed by atoms with Crippen LogP contribution in [-0.4, -0.2) is 15.2 Å². The van der Waals surface area contributed by atoms with E-state index in [4.69, 9.17) is 0 Å². The van der Waals surface area contributed by atoms with E-state index in [1.54, 1.807) is 24.8 Å². The van der Waals surface area contributed by atoms with Gasteiger partial charge in [-0.2, -0.15) is 20.1 Å². The van der Waals surface area contributed by atoms with Crippen LogP contribution < -0.4 is 6.15 Å². The van der Waals surface area contributed by atoms with E-state index in [0.717, 1.165) is 0 Å². The summed E-state index contributed by atoms with van der Waals surface area (Å²) in [5.74, 6) is 0. The minimum absolute atomic E-state index is 0. The van der Waals surface area contributed by atoms with Gasteiger partial charge in [-0.15, -0.1) is 0 Å². The zero-order chi connectivity index (χ0) is 8.49. The molecule has 0 aliphatic heterocycles. The molecule has 0 radical (unpaired) electrons. The normalized spacial score (nSPS) is 6.86. The van der Waals surface area contributed by atoms with Gasteiger partial charge in [-0.1, -0.05) is 6.07 Å². The summed E-state index contributed by atoms with van der Waals surface area (Å²) in [4.78, 5) is 3.78. The number of nitrogens with zero attached hydrogens (tertiary/aromatic N) is 3. The summed E-state index contributed by atoms with van der Waals surface area (Å²) in [6, 6.07) is 9.37. The molecule has 0 saturated heterocycles. The molecule has 2 rings (SSSR count).